The SMILES string of the molecule is CCCCCC=CC(C=CCC=CCC=CCCCC(=O)O)OO. The molecule has 0 saturated heterocycles. The lowest BCUT2D eigenvalue weighted by Crippen LogP contribution is -2.02. The van der Waals surface area contributed by atoms with E-state index in [-0.39, 0.29) is 12.5 Å². The van der Waals surface area contributed by atoms with Crippen molar-refractivity contribution in [1.82, 2.24) is 0 Å². The van der Waals surface area contributed by atoms with E-state index in [1.807, 2.05) is 36.5 Å². The minimum absolute atomic E-state index is 0.228. The number of allylic oxidation sites excluding steroid dienone is 6. The Kier molecular flexibility index (Phi) is 16.5. The van der Waals surface area contributed by atoms with Crippen LogP contribution in [0.4, 0.5) is 0 Å². The Balaban J connectivity index is 3.76. The summed E-state index contributed by atoms with van der Waals surface area (Å²) < 4.78 is 0. The van der Waals surface area contributed by atoms with Gasteiger partial charge in [0.15, 0.2) is 0 Å². The summed E-state index contributed by atoms with van der Waals surface area (Å²) in [6.45, 7) is 2.18. The lowest BCUT2D eigenvalue weighted by atomic mass is 10.2. The van der Waals surface area contributed by atoms with Crippen molar-refractivity contribution in [3.63, 3.8) is 0 Å². The fourth-order valence-electron chi connectivity index (χ4n) is 2.02. The maximum absolute atomic E-state index is 10.3. The lowest BCUT2D eigenvalue weighted by Gasteiger charge is -2.01. The van der Waals surface area contributed by atoms with Crippen LogP contribution in [0.15, 0.2) is 48.6 Å². The summed E-state index contributed by atoms with van der Waals surface area (Å²) in [6, 6.07) is 0. The number of hydrogen-bond acceptors (Lipinski definition) is 3. The fourth-order valence-corrected chi connectivity index (χ4v) is 2.02. The molecule has 0 aliphatic carbocycles. The van der Waals surface area contributed by atoms with Crippen LogP contribution in [-0.2, 0) is 9.68 Å². The van der Waals surface area contributed by atoms with Gasteiger partial charge in [0, 0.05) is 6.42 Å². The Morgan fingerprint density at radius 2 is 1.54 bits per heavy atom. The summed E-state index contributed by atoms with van der Waals surface area (Å²) in [6.07, 6.45) is 23.5. The largest absolute Gasteiger partial charge is 0.481 e. The van der Waals surface area contributed by atoms with E-state index in [9.17, 15) is 4.79 Å². The number of rotatable bonds is 15. The first-order valence-corrected chi connectivity index (χ1v) is 8.86. The van der Waals surface area contributed by atoms with Crippen LogP contribution in [0, 0.1) is 0 Å². The molecule has 1 unspecified atom stereocenters. The van der Waals surface area contributed by atoms with Gasteiger partial charge in [-0.1, -0.05) is 68.4 Å². The van der Waals surface area contributed by atoms with Crippen molar-refractivity contribution in [2.24, 2.45) is 0 Å². The number of carbonyl (C=O) groups is 1. The van der Waals surface area contributed by atoms with E-state index in [0.29, 0.717) is 6.42 Å². The van der Waals surface area contributed by atoms with Crippen LogP contribution in [0.2, 0.25) is 0 Å². The summed E-state index contributed by atoms with van der Waals surface area (Å²) in [7, 11) is 0. The summed E-state index contributed by atoms with van der Waals surface area (Å²) in [4.78, 5) is 14.7. The molecule has 0 aromatic rings. The molecule has 0 radical (unpaired) electrons. The highest BCUT2D eigenvalue weighted by Crippen LogP contribution is 2.03. The number of hydrogen-bond donors (Lipinski definition) is 2. The summed E-state index contributed by atoms with van der Waals surface area (Å²) >= 11 is 0. The molecule has 4 heteroatoms. The second-order valence-electron chi connectivity index (χ2n) is 5.62. The molecule has 0 rings (SSSR count). The predicted molar refractivity (Wildman–Crippen MR) is 98.9 cm³/mol. The topological polar surface area (TPSA) is 66.8 Å². The van der Waals surface area contributed by atoms with Crippen LogP contribution in [-0.4, -0.2) is 22.4 Å². The molecular weight excluding hydrogens is 304 g/mol. The Hall–Kier alpha value is -1.65. The Morgan fingerprint density at radius 3 is 2.21 bits per heavy atom. The van der Waals surface area contributed by atoms with Crippen molar-refractivity contribution in [3.8, 4) is 0 Å². The van der Waals surface area contributed by atoms with Crippen LogP contribution < -0.4 is 0 Å². The van der Waals surface area contributed by atoms with Crippen molar-refractivity contribution in [1.29, 1.82) is 0 Å². The molecule has 1 atom stereocenters. The molecule has 4 nitrogen and oxygen atoms in total. The van der Waals surface area contributed by atoms with E-state index >= 15 is 0 Å². The van der Waals surface area contributed by atoms with Gasteiger partial charge < -0.3 is 5.11 Å². The number of aliphatic carboxylic acids is 1. The van der Waals surface area contributed by atoms with Gasteiger partial charge >= 0.3 is 5.97 Å². The lowest BCUT2D eigenvalue weighted by molar-refractivity contribution is -0.254. The average molecular weight is 336 g/mol. The molecule has 24 heavy (non-hydrogen) atoms. The number of carboxylic acid groups (broad SMARTS) is 1. The maximum Gasteiger partial charge on any atom is 0.303 e. The zero-order chi connectivity index (χ0) is 17.9. The van der Waals surface area contributed by atoms with E-state index in [2.05, 4.69) is 24.0 Å². The van der Waals surface area contributed by atoms with Crippen LogP contribution in [0.1, 0.15) is 64.7 Å². The smallest absolute Gasteiger partial charge is 0.303 e. The van der Waals surface area contributed by atoms with Gasteiger partial charge in [0.2, 0.25) is 0 Å². The van der Waals surface area contributed by atoms with Crippen molar-refractivity contribution in [3.05, 3.63) is 48.6 Å². The van der Waals surface area contributed by atoms with Gasteiger partial charge in [-0.15, -0.1) is 0 Å². The molecule has 0 aliphatic heterocycles. The highest BCUT2D eigenvalue weighted by Gasteiger charge is 1.96. The third-order valence-electron chi connectivity index (χ3n) is 3.39. The molecule has 0 spiro atoms. The maximum atomic E-state index is 10.3. The standard InChI is InChI=1S/C20H32O4/c1-2-3-4-10-13-16-19(24-23)17-14-11-8-6-5-7-9-12-15-18-20(21)22/h6-9,13-14,16-17,19,23H,2-5,10-12,15,18H2,1H3,(H,21,22). The van der Waals surface area contributed by atoms with Crippen LogP contribution in [0.3, 0.4) is 0 Å². The third-order valence-corrected chi connectivity index (χ3v) is 3.39. The third kappa shape index (κ3) is 16.7. The highest BCUT2D eigenvalue weighted by atomic mass is 17.1. The molecule has 0 heterocycles. The monoisotopic (exact) mass is 336 g/mol. The highest BCUT2D eigenvalue weighted by molar-refractivity contribution is 5.66. The van der Waals surface area contributed by atoms with E-state index in [4.69, 9.17) is 10.4 Å². The molecule has 0 saturated carbocycles. The minimum atomic E-state index is -0.740. The quantitative estimate of drug-likeness (QED) is 0.175. The van der Waals surface area contributed by atoms with Gasteiger partial charge in [-0.05, 0) is 38.5 Å². The Morgan fingerprint density at radius 1 is 0.917 bits per heavy atom. The molecule has 2 N–H and O–H groups in total. The van der Waals surface area contributed by atoms with Gasteiger partial charge in [-0.2, -0.15) is 0 Å². The number of unbranched alkanes of at least 4 members (excludes halogenated alkanes) is 4. The van der Waals surface area contributed by atoms with Gasteiger partial charge in [0.05, 0.1) is 0 Å². The Labute approximate surface area is 146 Å². The van der Waals surface area contributed by atoms with E-state index in [1.165, 1.54) is 19.3 Å². The number of carboxylic acids is 1. The molecule has 0 aromatic carbocycles. The molecule has 0 fully saturated rings. The second-order valence-corrected chi connectivity index (χ2v) is 5.62. The van der Waals surface area contributed by atoms with Crippen LogP contribution >= 0.6 is 0 Å². The van der Waals surface area contributed by atoms with E-state index in [0.717, 1.165) is 25.7 Å². The average Bonchev–Trinajstić information content (AvgIpc) is 2.57. The van der Waals surface area contributed by atoms with Crippen molar-refractivity contribution in [2.75, 3.05) is 0 Å². The molecule has 0 aliphatic rings. The van der Waals surface area contributed by atoms with E-state index < -0.39 is 5.97 Å². The molecule has 0 bridgehead atoms. The van der Waals surface area contributed by atoms with E-state index in [1.54, 1.807) is 0 Å². The van der Waals surface area contributed by atoms with Crippen molar-refractivity contribution >= 4 is 5.97 Å². The Bertz CT molecular complexity index is 408. The van der Waals surface area contributed by atoms with Gasteiger partial charge in [-0.3, -0.25) is 10.1 Å². The summed E-state index contributed by atoms with van der Waals surface area (Å²) in [5, 5.41) is 17.3. The molecule has 0 aromatic heterocycles. The van der Waals surface area contributed by atoms with Gasteiger partial charge in [0.25, 0.3) is 0 Å². The van der Waals surface area contributed by atoms with Crippen LogP contribution in [0.5, 0.6) is 0 Å². The minimum Gasteiger partial charge on any atom is -0.481 e. The van der Waals surface area contributed by atoms with Crippen LogP contribution in [0.25, 0.3) is 0 Å². The second kappa shape index (κ2) is 17.7. The zero-order valence-electron chi connectivity index (χ0n) is 14.8. The molecular formula is C20H32O4. The van der Waals surface area contributed by atoms with Gasteiger partial charge in [0.1, 0.15) is 6.10 Å². The fraction of sp³-hybridized carbons (Fsp3) is 0.550. The predicted octanol–water partition coefficient (Wildman–Crippen LogP) is 5.68. The first-order chi connectivity index (χ1) is 11.7. The first kappa shape index (κ1) is 22.4. The van der Waals surface area contributed by atoms with Gasteiger partial charge in [-0.25, -0.2) is 4.89 Å². The summed E-state index contributed by atoms with van der Waals surface area (Å²) in [5.74, 6) is -0.740. The van der Waals surface area contributed by atoms with Crippen molar-refractivity contribution in [2.45, 2.75) is 70.8 Å². The van der Waals surface area contributed by atoms with Crippen molar-refractivity contribution < 1.29 is 20.0 Å². The zero-order valence-corrected chi connectivity index (χ0v) is 14.8. The normalized spacial score (nSPS) is 13.8. The summed E-state index contributed by atoms with van der Waals surface area (Å²) in [5.41, 5.74) is 0. The first-order valence-electron chi connectivity index (χ1n) is 8.86. The molecule has 136 valence electrons. The molecule has 0 amide bonds.